The first-order chi connectivity index (χ1) is 17.6. The number of carbonyl (C=O) groups is 1. The predicted octanol–water partition coefficient (Wildman–Crippen LogP) is 5.05. The lowest BCUT2D eigenvalue weighted by Crippen LogP contribution is -2.18. The van der Waals surface area contributed by atoms with Crippen molar-refractivity contribution >= 4 is 11.6 Å². The summed E-state index contributed by atoms with van der Waals surface area (Å²) in [7, 11) is 0. The number of nitrogens with one attached hydrogen (secondary N) is 1. The van der Waals surface area contributed by atoms with E-state index in [0.717, 1.165) is 48.2 Å². The predicted molar refractivity (Wildman–Crippen MR) is 131 cm³/mol. The fourth-order valence-corrected chi connectivity index (χ4v) is 5.10. The monoisotopic (exact) mass is 484 g/mol. The Labute approximate surface area is 207 Å². The molecule has 0 saturated heterocycles. The van der Waals surface area contributed by atoms with Crippen LogP contribution in [0.25, 0.3) is 17.1 Å². The van der Waals surface area contributed by atoms with E-state index in [9.17, 15) is 4.79 Å². The smallest absolute Gasteiger partial charge is 0.258 e. The molecule has 2 saturated carbocycles. The van der Waals surface area contributed by atoms with Crippen LogP contribution in [0.3, 0.4) is 0 Å². The van der Waals surface area contributed by atoms with Gasteiger partial charge in [0.05, 0.1) is 40.6 Å². The summed E-state index contributed by atoms with van der Waals surface area (Å²) in [6.07, 6.45) is 10.0. The van der Waals surface area contributed by atoms with Crippen LogP contribution in [0.15, 0.2) is 49.2 Å². The maximum Gasteiger partial charge on any atom is 0.258 e. The summed E-state index contributed by atoms with van der Waals surface area (Å²) in [6, 6.07) is 8.63. The molecule has 0 radical (unpaired) electrons. The van der Waals surface area contributed by atoms with Gasteiger partial charge in [-0.3, -0.25) is 4.79 Å². The van der Waals surface area contributed by atoms with E-state index in [1.165, 1.54) is 6.07 Å². The van der Waals surface area contributed by atoms with Crippen molar-refractivity contribution in [2.45, 2.75) is 44.6 Å². The third-order valence-corrected chi connectivity index (χ3v) is 7.41. The quantitative estimate of drug-likeness (QED) is 0.428. The van der Waals surface area contributed by atoms with Crippen LogP contribution in [0.2, 0.25) is 0 Å². The van der Waals surface area contributed by atoms with E-state index >= 15 is 4.39 Å². The molecular formula is C27H25FN6O2. The standard InChI is InChI=1S/C27H25FN6O2/c1-15-9-20(28)19(10-23(15)33-11-22(29-13-33)16-5-6-16)27(35)31-21-4-2-3-18-25(21)36-12-24(17-7-8-17)34-14-30-32-26(18)34/h2-4,9-11,13-14,16-17,24H,5-8,12H2,1H3,(H,31,35)/t24-/m0/s1. The lowest BCUT2D eigenvalue weighted by molar-refractivity contribution is 0.102. The summed E-state index contributed by atoms with van der Waals surface area (Å²) in [6.45, 7) is 2.29. The molecule has 2 aromatic heterocycles. The molecule has 7 rings (SSSR count). The summed E-state index contributed by atoms with van der Waals surface area (Å²) in [5.41, 5.74) is 3.68. The normalized spacial score (nSPS) is 18.7. The average Bonchev–Trinajstić information content (AvgIpc) is 3.79. The third kappa shape index (κ3) is 3.57. The Balaban J connectivity index is 1.22. The van der Waals surface area contributed by atoms with E-state index in [2.05, 4.69) is 25.1 Å². The molecule has 0 bridgehead atoms. The number of anilines is 1. The van der Waals surface area contributed by atoms with Crippen LogP contribution in [0, 0.1) is 18.7 Å². The Hall–Kier alpha value is -4.01. The molecule has 3 aliphatic rings. The number of aryl methyl sites for hydroxylation is 1. The molecule has 36 heavy (non-hydrogen) atoms. The molecule has 2 aliphatic carbocycles. The molecule has 3 heterocycles. The number of fused-ring (bicyclic) bond motifs is 3. The number of halogens is 1. The van der Waals surface area contributed by atoms with Crippen molar-refractivity contribution in [3.05, 3.63) is 71.8 Å². The van der Waals surface area contributed by atoms with Gasteiger partial charge < -0.3 is 19.2 Å². The first kappa shape index (κ1) is 21.3. The summed E-state index contributed by atoms with van der Waals surface area (Å²) in [5.74, 6) is 1.17. The Morgan fingerprint density at radius 3 is 2.83 bits per heavy atom. The summed E-state index contributed by atoms with van der Waals surface area (Å²) < 4.78 is 25.2. The van der Waals surface area contributed by atoms with E-state index < -0.39 is 11.7 Å². The van der Waals surface area contributed by atoms with Crippen molar-refractivity contribution < 1.29 is 13.9 Å². The van der Waals surface area contributed by atoms with Gasteiger partial charge in [0.15, 0.2) is 11.6 Å². The summed E-state index contributed by atoms with van der Waals surface area (Å²) in [4.78, 5) is 17.8. The first-order valence-electron chi connectivity index (χ1n) is 12.4. The molecule has 0 spiro atoms. The van der Waals surface area contributed by atoms with Gasteiger partial charge in [-0.25, -0.2) is 9.37 Å². The highest BCUT2D eigenvalue weighted by molar-refractivity contribution is 6.06. The van der Waals surface area contributed by atoms with Crippen molar-refractivity contribution in [2.24, 2.45) is 5.92 Å². The van der Waals surface area contributed by atoms with Gasteiger partial charge in [-0.1, -0.05) is 6.07 Å². The zero-order valence-electron chi connectivity index (χ0n) is 19.8. The number of hydrogen-bond acceptors (Lipinski definition) is 5. The molecule has 1 amide bonds. The SMILES string of the molecule is Cc1cc(F)c(C(=O)Nc2cccc3c2OC[C@@H](C2CC2)n2cnnc2-3)cc1-n1cnc(C2CC2)c1. The second-order valence-corrected chi connectivity index (χ2v) is 10.0. The second-order valence-electron chi connectivity index (χ2n) is 10.0. The minimum Gasteiger partial charge on any atom is -0.488 e. The van der Waals surface area contributed by atoms with Crippen molar-refractivity contribution in [3.8, 4) is 22.8 Å². The number of imidazole rings is 1. The second kappa shape index (κ2) is 8.01. The van der Waals surface area contributed by atoms with Crippen LogP contribution in [0.1, 0.15) is 59.3 Å². The maximum atomic E-state index is 15.0. The van der Waals surface area contributed by atoms with Gasteiger partial charge in [-0.05, 0) is 68.4 Å². The summed E-state index contributed by atoms with van der Waals surface area (Å²) in [5, 5.41) is 11.3. The number of carbonyl (C=O) groups excluding carboxylic acids is 1. The highest BCUT2D eigenvalue weighted by Gasteiger charge is 2.37. The zero-order valence-corrected chi connectivity index (χ0v) is 19.8. The van der Waals surface area contributed by atoms with Gasteiger partial charge in [0, 0.05) is 12.1 Å². The fourth-order valence-electron chi connectivity index (χ4n) is 5.10. The summed E-state index contributed by atoms with van der Waals surface area (Å²) >= 11 is 0. The zero-order chi connectivity index (χ0) is 24.4. The molecule has 9 heteroatoms. The number of aromatic nitrogens is 5. The van der Waals surface area contributed by atoms with Gasteiger partial charge in [0.2, 0.25) is 0 Å². The van der Waals surface area contributed by atoms with Crippen LogP contribution < -0.4 is 10.1 Å². The maximum absolute atomic E-state index is 15.0. The third-order valence-electron chi connectivity index (χ3n) is 7.41. The van der Waals surface area contributed by atoms with Gasteiger partial charge in [-0.15, -0.1) is 10.2 Å². The van der Waals surface area contributed by atoms with Gasteiger partial charge >= 0.3 is 0 Å². The molecule has 4 aromatic rings. The van der Waals surface area contributed by atoms with Crippen molar-refractivity contribution in [3.63, 3.8) is 0 Å². The van der Waals surface area contributed by atoms with Gasteiger partial charge in [0.1, 0.15) is 18.8 Å². The highest BCUT2D eigenvalue weighted by Crippen LogP contribution is 2.46. The van der Waals surface area contributed by atoms with E-state index in [1.807, 2.05) is 29.8 Å². The molecule has 0 unspecified atom stereocenters. The number of benzene rings is 2. The Morgan fingerprint density at radius 1 is 1.17 bits per heavy atom. The highest BCUT2D eigenvalue weighted by atomic mass is 19.1. The minimum atomic E-state index is -0.576. The minimum absolute atomic E-state index is 0.0393. The Morgan fingerprint density at radius 2 is 2.03 bits per heavy atom. The largest absolute Gasteiger partial charge is 0.488 e. The van der Waals surface area contributed by atoms with Crippen LogP contribution in [-0.4, -0.2) is 36.8 Å². The number of rotatable bonds is 5. The Kier molecular flexibility index (Phi) is 4.74. The lowest BCUT2D eigenvalue weighted by Gasteiger charge is -2.17. The molecule has 1 aliphatic heterocycles. The molecular weight excluding hydrogens is 459 g/mol. The topological polar surface area (TPSA) is 86.9 Å². The number of nitrogens with zero attached hydrogens (tertiary/aromatic N) is 5. The molecule has 8 nitrogen and oxygen atoms in total. The van der Waals surface area contributed by atoms with E-state index in [4.69, 9.17) is 4.74 Å². The van der Waals surface area contributed by atoms with E-state index in [-0.39, 0.29) is 11.6 Å². The average molecular weight is 485 g/mol. The van der Waals surface area contributed by atoms with Gasteiger partial charge in [-0.2, -0.15) is 0 Å². The van der Waals surface area contributed by atoms with Crippen molar-refractivity contribution in [2.75, 3.05) is 11.9 Å². The Bertz CT molecular complexity index is 1500. The number of hydrogen-bond donors (Lipinski definition) is 1. The molecule has 1 atom stereocenters. The van der Waals surface area contributed by atoms with Crippen LogP contribution >= 0.6 is 0 Å². The molecule has 2 aromatic carbocycles. The number of para-hydroxylation sites is 1. The van der Waals surface area contributed by atoms with Crippen LogP contribution in [0.5, 0.6) is 5.75 Å². The van der Waals surface area contributed by atoms with E-state index in [0.29, 0.717) is 35.7 Å². The van der Waals surface area contributed by atoms with Crippen LogP contribution in [0.4, 0.5) is 10.1 Å². The molecule has 2 fully saturated rings. The van der Waals surface area contributed by atoms with Gasteiger partial charge in [0.25, 0.3) is 5.91 Å². The lowest BCUT2D eigenvalue weighted by atomic mass is 10.1. The molecule has 1 N–H and O–H groups in total. The molecule has 182 valence electrons. The fraction of sp³-hybridized carbons (Fsp3) is 0.333. The van der Waals surface area contributed by atoms with Crippen molar-refractivity contribution in [1.29, 1.82) is 0 Å². The number of amides is 1. The first-order valence-corrected chi connectivity index (χ1v) is 12.4. The van der Waals surface area contributed by atoms with E-state index in [1.54, 1.807) is 24.8 Å². The van der Waals surface area contributed by atoms with Crippen LogP contribution in [-0.2, 0) is 0 Å². The van der Waals surface area contributed by atoms with Crippen molar-refractivity contribution in [1.82, 2.24) is 24.3 Å². The number of ether oxygens (including phenoxy) is 1.